The molecule has 4 rings (SSSR count). The number of fused-ring (bicyclic) bond motifs is 1. The molecule has 152 valence electrons. The zero-order valence-electron chi connectivity index (χ0n) is 15.9. The van der Waals surface area contributed by atoms with Gasteiger partial charge < -0.3 is 15.0 Å². The number of aryl methyl sites for hydroxylation is 1. The number of carbonyl (C=O) groups excluding carboxylic acids is 1. The number of carboxylic acids is 1. The topological polar surface area (TPSA) is 84.2 Å². The Balaban J connectivity index is 1.51. The van der Waals surface area contributed by atoms with Crippen LogP contribution in [0.3, 0.4) is 0 Å². The number of rotatable bonds is 4. The molecule has 29 heavy (non-hydrogen) atoms. The molecule has 2 atom stereocenters. The Kier molecular flexibility index (Phi) is 5.17. The fourth-order valence-corrected chi connectivity index (χ4v) is 4.95. The Labute approximate surface area is 172 Å². The first kappa shape index (κ1) is 19.6. The molecule has 2 saturated carbocycles. The fourth-order valence-electron chi connectivity index (χ4n) is 4.77. The summed E-state index contributed by atoms with van der Waals surface area (Å²) in [6, 6.07) is 4.05. The van der Waals surface area contributed by atoms with Crippen molar-refractivity contribution in [3.05, 3.63) is 58.4 Å². The average Bonchev–Trinajstić information content (AvgIpc) is 3.30. The molecule has 6 nitrogen and oxygen atoms in total. The highest BCUT2D eigenvalue weighted by Gasteiger charge is 2.42. The lowest BCUT2D eigenvalue weighted by molar-refractivity contribution is -0.131. The summed E-state index contributed by atoms with van der Waals surface area (Å²) >= 11 is 5.80. The predicted octanol–water partition coefficient (Wildman–Crippen LogP) is 4.38. The van der Waals surface area contributed by atoms with Crippen LogP contribution in [0.5, 0.6) is 0 Å². The van der Waals surface area contributed by atoms with Crippen LogP contribution in [0.25, 0.3) is 0 Å². The van der Waals surface area contributed by atoms with E-state index in [1.165, 1.54) is 24.3 Å². The molecule has 1 amide bonds. The predicted molar refractivity (Wildman–Crippen MR) is 106 cm³/mol. The van der Waals surface area contributed by atoms with Crippen LogP contribution in [0.2, 0.25) is 5.02 Å². The van der Waals surface area contributed by atoms with Crippen LogP contribution in [0, 0.1) is 17.7 Å². The summed E-state index contributed by atoms with van der Waals surface area (Å²) in [6.45, 7) is 0. The Hall–Kier alpha value is -2.67. The van der Waals surface area contributed by atoms with Crippen molar-refractivity contribution >= 4 is 29.2 Å². The number of nitrogens with zero attached hydrogens (tertiary/aromatic N) is 2. The second-order valence-electron chi connectivity index (χ2n) is 7.91. The van der Waals surface area contributed by atoms with Crippen LogP contribution in [0.4, 0.5) is 10.1 Å². The second-order valence-corrected chi connectivity index (χ2v) is 8.32. The number of hydrogen-bond acceptors (Lipinski definition) is 3. The van der Waals surface area contributed by atoms with Gasteiger partial charge in [0.25, 0.3) is 5.91 Å². The first-order chi connectivity index (χ1) is 13.8. The molecule has 2 unspecified atom stereocenters. The van der Waals surface area contributed by atoms with E-state index in [-0.39, 0.29) is 16.8 Å². The highest BCUT2D eigenvalue weighted by atomic mass is 35.5. The van der Waals surface area contributed by atoms with Crippen LogP contribution in [-0.2, 0) is 11.8 Å². The lowest BCUT2D eigenvalue weighted by atomic mass is 9.96. The van der Waals surface area contributed by atoms with Crippen molar-refractivity contribution in [3.63, 3.8) is 0 Å². The van der Waals surface area contributed by atoms with E-state index in [2.05, 4.69) is 10.3 Å². The summed E-state index contributed by atoms with van der Waals surface area (Å²) in [7, 11) is 1.77. The van der Waals surface area contributed by atoms with E-state index in [1.807, 2.05) is 0 Å². The zero-order valence-corrected chi connectivity index (χ0v) is 16.6. The van der Waals surface area contributed by atoms with Gasteiger partial charge in [-0.15, -0.1) is 0 Å². The van der Waals surface area contributed by atoms with Gasteiger partial charge in [-0.05, 0) is 55.7 Å². The largest absolute Gasteiger partial charge is 0.478 e. The second kappa shape index (κ2) is 7.63. The summed E-state index contributed by atoms with van der Waals surface area (Å²) in [6.07, 6.45) is 6.35. The van der Waals surface area contributed by atoms with Crippen molar-refractivity contribution in [3.8, 4) is 0 Å². The van der Waals surface area contributed by atoms with Crippen molar-refractivity contribution in [2.24, 2.45) is 18.9 Å². The van der Waals surface area contributed by atoms with Crippen LogP contribution in [-0.4, -0.2) is 26.5 Å². The molecule has 2 aliphatic rings. The van der Waals surface area contributed by atoms with Gasteiger partial charge in [0.1, 0.15) is 11.5 Å². The summed E-state index contributed by atoms with van der Waals surface area (Å²) in [5.74, 6) is -0.721. The van der Waals surface area contributed by atoms with Gasteiger partial charge in [0, 0.05) is 24.7 Å². The number of aromatic nitrogens is 2. The number of hydrogen-bond donors (Lipinski definition) is 2. The highest BCUT2D eigenvalue weighted by Crippen LogP contribution is 2.52. The fraction of sp³-hybridized carbons (Fsp3) is 0.381. The standard InChI is InChI=1S/C21H21ClFN3O3/c1-26-10-24-19(14-7-12-4-11(6-18(27)28)5-13(12)8-14)20(26)21(29)25-15-2-3-17(23)16(22)9-15/h2-3,6,9-10,12-14H,4-5,7-8H2,1H3,(H,25,29)(H,27,28). The molecule has 8 heteroatoms. The normalized spacial score (nSPS) is 23.1. The van der Waals surface area contributed by atoms with Crippen molar-refractivity contribution in [1.82, 2.24) is 9.55 Å². The monoisotopic (exact) mass is 417 g/mol. The van der Waals surface area contributed by atoms with Crippen LogP contribution < -0.4 is 5.32 Å². The molecule has 0 radical (unpaired) electrons. The third kappa shape index (κ3) is 3.92. The SMILES string of the molecule is Cn1cnc(C2CC3CC(=CC(=O)O)CC3C2)c1C(=O)Nc1ccc(F)c(Cl)c1. The molecule has 0 aliphatic heterocycles. The third-order valence-corrected chi connectivity index (χ3v) is 6.25. The quantitative estimate of drug-likeness (QED) is 0.723. The minimum atomic E-state index is -0.888. The third-order valence-electron chi connectivity index (χ3n) is 5.96. The van der Waals surface area contributed by atoms with E-state index >= 15 is 0 Å². The minimum Gasteiger partial charge on any atom is -0.478 e. The number of benzene rings is 1. The molecule has 0 spiro atoms. The Bertz CT molecular complexity index is 1000. The van der Waals surface area contributed by atoms with Crippen molar-refractivity contribution in [2.45, 2.75) is 31.6 Å². The molecule has 2 aromatic rings. The van der Waals surface area contributed by atoms with E-state index in [0.717, 1.165) is 37.0 Å². The van der Waals surface area contributed by atoms with Crippen molar-refractivity contribution in [2.75, 3.05) is 5.32 Å². The molecular formula is C21H21ClFN3O3. The summed E-state index contributed by atoms with van der Waals surface area (Å²) < 4.78 is 15.1. The van der Waals surface area contributed by atoms with Gasteiger partial charge in [0.15, 0.2) is 0 Å². The summed E-state index contributed by atoms with van der Waals surface area (Å²) in [4.78, 5) is 28.3. The van der Waals surface area contributed by atoms with Gasteiger partial charge in [0.2, 0.25) is 0 Å². The molecule has 0 bridgehead atoms. The van der Waals surface area contributed by atoms with Crippen molar-refractivity contribution < 1.29 is 19.1 Å². The van der Waals surface area contributed by atoms with Crippen LogP contribution >= 0.6 is 11.6 Å². The maximum atomic E-state index is 13.4. The van der Waals surface area contributed by atoms with Gasteiger partial charge in [-0.1, -0.05) is 17.2 Å². The van der Waals surface area contributed by atoms with E-state index in [1.54, 1.807) is 17.9 Å². The maximum Gasteiger partial charge on any atom is 0.328 e. The minimum absolute atomic E-state index is 0.0538. The van der Waals surface area contributed by atoms with Crippen LogP contribution in [0.1, 0.15) is 47.8 Å². The highest BCUT2D eigenvalue weighted by molar-refractivity contribution is 6.31. The number of anilines is 1. The van der Waals surface area contributed by atoms with Gasteiger partial charge in [-0.3, -0.25) is 4.79 Å². The molecule has 2 fully saturated rings. The Morgan fingerprint density at radius 3 is 2.62 bits per heavy atom. The number of carbonyl (C=O) groups is 2. The van der Waals surface area contributed by atoms with Gasteiger partial charge in [0.05, 0.1) is 17.0 Å². The maximum absolute atomic E-state index is 13.4. The molecular weight excluding hydrogens is 397 g/mol. The Morgan fingerprint density at radius 2 is 2.00 bits per heavy atom. The Morgan fingerprint density at radius 1 is 1.31 bits per heavy atom. The number of aliphatic carboxylic acids is 1. The first-order valence-electron chi connectivity index (χ1n) is 9.51. The van der Waals surface area contributed by atoms with E-state index in [9.17, 15) is 14.0 Å². The molecule has 0 saturated heterocycles. The van der Waals surface area contributed by atoms with E-state index < -0.39 is 11.8 Å². The van der Waals surface area contributed by atoms with Gasteiger partial charge in [-0.2, -0.15) is 0 Å². The summed E-state index contributed by atoms with van der Waals surface area (Å²) in [5, 5.41) is 11.7. The molecule has 1 aromatic carbocycles. The zero-order chi connectivity index (χ0) is 20.7. The van der Waals surface area contributed by atoms with E-state index in [4.69, 9.17) is 16.7 Å². The van der Waals surface area contributed by atoms with Gasteiger partial charge >= 0.3 is 5.97 Å². The number of halogens is 2. The van der Waals surface area contributed by atoms with E-state index in [0.29, 0.717) is 23.2 Å². The smallest absolute Gasteiger partial charge is 0.328 e. The number of nitrogens with one attached hydrogen (secondary N) is 1. The number of carboxylic acid groups (broad SMARTS) is 1. The summed E-state index contributed by atoms with van der Waals surface area (Å²) in [5.41, 5.74) is 2.66. The average molecular weight is 418 g/mol. The number of allylic oxidation sites excluding steroid dienone is 1. The molecule has 1 heterocycles. The van der Waals surface area contributed by atoms with Gasteiger partial charge in [-0.25, -0.2) is 14.2 Å². The molecule has 2 aliphatic carbocycles. The first-order valence-corrected chi connectivity index (χ1v) is 9.89. The lowest BCUT2D eigenvalue weighted by Crippen LogP contribution is -2.18. The van der Waals surface area contributed by atoms with Crippen molar-refractivity contribution in [1.29, 1.82) is 0 Å². The lowest BCUT2D eigenvalue weighted by Gasteiger charge is -2.13. The van der Waals surface area contributed by atoms with Crippen LogP contribution in [0.15, 0.2) is 36.2 Å². The number of amides is 1. The number of imidazole rings is 1. The molecule has 2 N–H and O–H groups in total. The molecule has 1 aromatic heterocycles.